The molecule has 1 atom stereocenters. The number of nitrogens with zero attached hydrogens (tertiary/aromatic N) is 3. The zero-order chi connectivity index (χ0) is 11.7. The molecule has 0 unspecified atom stereocenters. The molecule has 2 aromatic rings. The van der Waals surface area contributed by atoms with E-state index in [-0.39, 0.29) is 6.04 Å². The first kappa shape index (κ1) is 10.8. The van der Waals surface area contributed by atoms with Gasteiger partial charge in [-0.1, -0.05) is 0 Å². The second kappa shape index (κ2) is 4.06. The molecule has 0 bridgehead atoms. The second-order valence-corrected chi connectivity index (χ2v) is 4.02. The van der Waals surface area contributed by atoms with Gasteiger partial charge in [0, 0.05) is 17.9 Å². The van der Waals surface area contributed by atoms with E-state index in [1.807, 2.05) is 37.5 Å². The standard InChI is InChI=1S/C12H16N4/c1-8(13)11-4-5-14-12(6-11)16-7-15-9(2)10(16)3/h4-8H,13H2,1-3H3/t8-/m1/s1. The lowest BCUT2D eigenvalue weighted by Crippen LogP contribution is -2.07. The summed E-state index contributed by atoms with van der Waals surface area (Å²) in [6.07, 6.45) is 3.57. The summed E-state index contributed by atoms with van der Waals surface area (Å²) >= 11 is 0. The van der Waals surface area contributed by atoms with Gasteiger partial charge in [-0.2, -0.15) is 0 Å². The molecule has 16 heavy (non-hydrogen) atoms. The normalized spacial score (nSPS) is 12.8. The van der Waals surface area contributed by atoms with Crippen molar-refractivity contribution < 1.29 is 0 Å². The molecule has 4 heteroatoms. The Morgan fingerprint density at radius 2 is 2.06 bits per heavy atom. The number of aryl methyl sites for hydroxylation is 1. The summed E-state index contributed by atoms with van der Waals surface area (Å²) in [6, 6.07) is 3.96. The van der Waals surface area contributed by atoms with E-state index in [1.165, 1.54) is 0 Å². The highest BCUT2D eigenvalue weighted by Crippen LogP contribution is 2.15. The Hall–Kier alpha value is -1.68. The molecule has 2 N–H and O–H groups in total. The fourth-order valence-electron chi connectivity index (χ4n) is 1.58. The van der Waals surface area contributed by atoms with Gasteiger partial charge in [-0.15, -0.1) is 0 Å². The monoisotopic (exact) mass is 216 g/mol. The molecular formula is C12H16N4. The van der Waals surface area contributed by atoms with Crippen LogP contribution in [0.2, 0.25) is 0 Å². The van der Waals surface area contributed by atoms with Crippen LogP contribution in [-0.4, -0.2) is 14.5 Å². The van der Waals surface area contributed by atoms with Gasteiger partial charge in [-0.25, -0.2) is 9.97 Å². The van der Waals surface area contributed by atoms with Crippen molar-refractivity contribution in [2.24, 2.45) is 5.73 Å². The van der Waals surface area contributed by atoms with Gasteiger partial charge in [-0.3, -0.25) is 4.57 Å². The van der Waals surface area contributed by atoms with Crippen molar-refractivity contribution in [2.75, 3.05) is 0 Å². The fraction of sp³-hybridized carbons (Fsp3) is 0.333. The Morgan fingerprint density at radius 1 is 1.31 bits per heavy atom. The van der Waals surface area contributed by atoms with Crippen LogP contribution in [0.4, 0.5) is 0 Å². The van der Waals surface area contributed by atoms with Crippen LogP contribution in [0.3, 0.4) is 0 Å². The van der Waals surface area contributed by atoms with E-state index in [0.29, 0.717) is 0 Å². The quantitative estimate of drug-likeness (QED) is 0.834. The van der Waals surface area contributed by atoms with Crippen LogP contribution in [0.15, 0.2) is 24.7 Å². The maximum Gasteiger partial charge on any atom is 0.138 e. The van der Waals surface area contributed by atoms with Crippen molar-refractivity contribution in [2.45, 2.75) is 26.8 Å². The highest BCUT2D eigenvalue weighted by Gasteiger charge is 2.07. The lowest BCUT2D eigenvalue weighted by molar-refractivity contribution is 0.809. The van der Waals surface area contributed by atoms with Crippen molar-refractivity contribution >= 4 is 0 Å². The zero-order valence-corrected chi connectivity index (χ0v) is 9.81. The summed E-state index contributed by atoms with van der Waals surface area (Å²) in [5.74, 6) is 0.868. The lowest BCUT2D eigenvalue weighted by Gasteiger charge is -2.09. The highest BCUT2D eigenvalue weighted by atomic mass is 15.1. The van der Waals surface area contributed by atoms with Crippen LogP contribution >= 0.6 is 0 Å². The number of rotatable bonds is 2. The molecule has 0 aliphatic rings. The van der Waals surface area contributed by atoms with Crippen LogP contribution < -0.4 is 5.73 Å². The smallest absolute Gasteiger partial charge is 0.138 e. The molecule has 0 amide bonds. The highest BCUT2D eigenvalue weighted by molar-refractivity contribution is 5.32. The molecule has 2 rings (SSSR count). The van der Waals surface area contributed by atoms with Crippen LogP contribution in [0, 0.1) is 13.8 Å². The number of hydrogen-bond acceptors (Lipinski definition) is 3. The number of aromatic nitrogens is 3. The van der Waals surface area contributed by atoms with Gasteiger partial charge >= 0.3 is 0 Å². The molecular weight excluding hydrogens is 200 g/mol. The van der Waals surface area contributed by atoms with Gasteiger partial charge in [0.1, 0.15) is 12.1 Å². The first-order valence-corrected chi connectivity index (χ1v) is 5.32. The molecule has 0 saturated carbocycles. The van der Waals surface area contributed by atoms with Crippen molar-refractivity contribution in [3.63, 3.8) is 0 Å². The molecule has 0 spiro atoms. The third-order valence-corrected chi connectivity index (χ3v) is 2.79. The van der Waals surface area contributed by atoms with Gasteiger partial charge in [-0.05, 0) is 38.5 Å². The molecule has 2 aromatic heterocycles. The van der Waals surface area contributed by atoms with Crippen LogP contribution in [0.1, 0.15) is 29.9 Å². The SMILES string of the molecule is Cc1ncn(-c2cc([C@@H](C)N)ccn2)c1C. The number of pyridine rings is 1. The molecule has 0 aliphatic heterocycles. The Kier molecular flexibility index (Phi) is 2.75. The topological polar surface area (TPSA) is 56.7 Å². The molecule has 0 aliphatic carbocycles. The molecule has 0 radical (unpaired) electrons. The molecule has 0 saturated heterocycles. The fourth-order valence-corrected chi connectivity index (χ4v) is 1.58. The Labute approximate surface area is 95.1 Å². The van der Waals surface area contributed by atoms with Crippen molar-refractivity contribution in [1.82, 2.24) is 14.5 Å². The average molecular weight is 216 g/mol. The van der Waals surface area contributed by atoms with Gasteiger partial charge in [0.05, 0.1) is 5.69 Å². The number of hydrogen-bond donors (Lipinski definition) is 1. The van der Waals surface area contributed by atoms with Crippen molar-refractivity contribution in [1.29, 1.82) is 0 Å². The molecule has 4 nitrogen and oxygen atoms in total. The van der Waals surface area contributed by atoms with E-state index < -0.39 is 0 Å². The first-order chi connectivity index (χ1) is 7.59. The Bertz CT molecular complexity index is 499. The molecule has 2 heterocycles. The minimum absolute atomic E-state index is 0.0201. The summed E-state index contributed by atoms with van der Waals surface area (Å²) < 4.78 is 1.97. The maximum absolute atomic E-state index is 5.85. The summed E-state index contributed by atoms with van der Waals surface area (Å²) in [5.41, 5.74) is 9.06. The lowest BCUT2D eigenvalue weighted by atomic mass is 10.1. The summed E-state index contributed by atoms with van der Waals surface area (Å²) in [7, 11) is 0. The predicted molar refractivity (Wildman–Crippen MR) is 63.4 cm³/mol. The summed E-state index contributed by atoms with van der Waals surface area (Å²) in [5, 5.41) is 0. The number of nitrogens with two attached hydrogens (primary N) is 1. The van der Waals surface area contributed by atoms with Gasteiger partial charge in [0.15, 0.2) is 0 Å². The first-order valence-electron chi connectivity index (χ1n) is 5.32. The van der Waals surface area contributed by atoms with E-state index in [2.05, 4.69) is 9.97 Å². The number of imidazole rings is 1. The van der Waals surface area contributed by atoms with E-state index in [4.69, 9.17) is 5.73 Å². The van der Waals surface area contributed by atoms with E-state index in [9.17, 15) is 0 Å². The average Bonchev–Trinajstić information content (AvgIpc) is 2.60. The summed E-state index contributed by atoms with van der Waals surface area (Å²) in [6.45, 7) is 5.98. The largest absolute Gasteiger partial charge is 0.324 e. The maximum atomic E-state index is 5.85. The zero-order valence-electron chi connectivity index (χ0n) is 9.81. The minimum Gasteiger partial charge on any atom is -0.324 e. The van der Waals surface area contributed by atoms with E-state index in [1.54, 1.807) is 12.5 Å². The third kappa shape index (κ3) is 1.84. The van der Waals surface area contributed by atoms with Crippen LogP contribution in [-0.2, 0) is 0 Å². The third-order valence-electron chi connectivity index (χ3n) is 2.79. The van der Waals surface area contributed by atoms with Crippen LogP contribution in [0.5, 0.6) is 0 Å². The van der Waals surface area contributed by atoms with Gasteiger partial charge in [0.2, 0.25) is 0 Å². The van der Waals surface area contributed by atoms with Crippen molar-refractivity contribution in [3.8, 4) is 5.82 Å². The minimum atomic E-state index is 0.0201. The Morgan fingerprint density at radius 3 is 2.62 bits per heavy atom. The van der Waals surface area contributed by atoms with E-state index in [0.717, 1.165) is 22.8 Å². The molecule has 0 aromatic carbocycles. The molecule has 0 fully saturated rings. The second-order valence-electron chi connectivity index (χ2n) is 4.02. The predicted octanol–water partition coefficient (Wildman–Crippen LogP) is 1.90. The van der Waals surface area contributed by atoms with Gasteiger partial charge in [0.25, 0.3) is 0 Å². The van der Waals surface area contributed by atoms with E-state index >= 15 is 0 Å². The molecule has 84 valence electrons. The Balaban J connectivity index is 2.48. The van der Waals surface area contributed by atoms with Crippen molar-refractivity contribution in [3.05, 3.63) is 41.6 Å². The van der Waals surface area contributed by atoms with Crippen LogP contribution in [0.25, 0.3) is 5.82 Å². The van der Waals surface area contributed by atoms with Gasteiger partial charge < -0.3 is 5.73 Å². The summed E-state index contributed by atoms with van der Waals surface area (Å²) in [4.78, 5) is 8.59.